The van der Waals surface area contributed by atoms with Gasteiger partial charge in [-0.05, 0) is 39.0 Å². The van der Waals surface area contributed by atoms with E-state index < -0.39 is 26.2 Å². The fourth-order valence-corrected chi connectivity index (χ4v) is 2.05. The molecule has 3 N–H and O–H groups in total. The zero-order valence-corrected chi connectivity index (χ0v) is 11.5. The van der Waals surface area contributed by atoms with Crippen LogP contribution < -0.4 is 11.1 Å². The van der Waals surface area contributed by atoms with Crippen LogP contribution >= 0.6 is 0 Å². The van der Waals surface area contributed by atoms with Gasteiger partial charge in [-0.25, -0.2) is 8.42 Å². The van der Waals surface area contributed by atoms with Gasteiger partial charge in [0.2, 0.25) is 5.91 Å². The van der Waals surface area contributed by atoms with Gasteiger partial charge < -0.3 is 11.1 Å². The zero-order chi connectivity index (χ0) is 14.0. The van der Waals surface area contributed by atoms with Gasteiger partial charge in [0.15, 0.2) is 9.84 Å². The molecule has 0 spiro atoms. The minimum atomic E-state index is -3.47. The molecule has 1 aromatic rings. The van der Waals surface area contributed by atoms with E-state index in [0.29, 0.717) is 11.4 Å². The average molecular weight is 270 g/mol. The van der Waals surface area contributed by atoms with Crippen molar-refractivity contribution in [3.63, 3.8) is 0 Å². The number of benzene rings is 1. The van der Waals surface area contributed by atoms with Crippen LogP contribution in [0.2, 0.25) is 0 Å². The Morgan fingerprint density at radius 1 is 1.33 bits per heavy atom. The molecule has 100 valence electrons. The predicted molar refractivity (Wildman–Crippen MR) is 73.0 cm³/mol. The number of anilines is 2. The second-order valence-corrected chi connectivity index (χ2v) is 7.79. The molecule has 6 heteroatoms. The highest BCUT2D eigenvalue weighted by molar-refractivity contribution is 7.93. The molecular formula is C12H18N2O3S. The normalized spacial score (nSPS) is 12.2. The zero-order valence-electron chi connectivity index (χ0n) is 10.7. The van der Waals surface area contributed by atoms with Gasteiger partial charge in [-0.3, -0.25) is 4.79 Å². The standard InChI is InChI=1S/C12H18N2O3S/c1-12(2,3)18(16,17)8-11(15)14-10-6-4-5-9(13)7-10/h4-7H,8,13H2,1-3H3,(H,14,15). The summed E-state index contributed by atoms with van der Waals surface area (Å²) in [5, 5.41) is 2.51. The summed E-state index contributed by atoms with van der Waals surface area (Å²) in [6, 6.07) is 6.59. The summed E-state index contributed by atoms with van der Waals surface area (Å²) in [5.41, 5.74) is 6.56. The van der Waals surface area contributed by atoms with E-state index in [1.165, 1.54) is 0 Å². The van der Waals surface area contributed by atoms with Crippen LogP contribution in [0.3, 0.4) is 0 Å². The van der Waals surface area contributed by atoms with Crippen molar-refractivity contribution in [3.05, 3.63) is 24.3 Å². The minimum absolute atomic E-state index is 0.490. The molecule has 0 saturated carbocycles. The van der Waals surface area contributed by atoms with E-state index in [1.54, 1.807) is 45.0 Å². The maximum absolute atomic E-state index is 11.8. The van der Waals surface area contributed by atoms with E-state index in [1.807, 2.05) is 0 Å². The third-order valence-corrected chi connectivity index (χ3v) is 4.93. The number of carbonyl (C=O) groups excluding carboxylic acids is 1. The van der Waals surface area contributed by atoms with Crippen LogP contribution in [0.4, 0.5) is 11.4 Å². The number of sulfone groups is 1. The van der Waals surface area contributed by atoms with Crippen molar-refractivity contribution in [3.8, 4) is 0 Å². The number of hydrogen-bond acceptors (Lipinski definition) is 4. The number of nitrogens with one attached hydrogen (secondary N) is 1. The molecule has 0 aromatic heterocycles. The van der Waals surface area contributed by atoms with Gasteiger partial charge in [0, 0.05) is 11.4 Å². The summed E-state index contributed by atoms with van der Waals surface area (Å²) in [7, 11) is -3.47. The molecule has 1 aromatic carbocycles. The fourth-order valence-electron chi connectivity index (χ4n) is 1.20. The van der Waals surface area contributed by atoms with Gasteiger partial charge >= 0.3 is 0 Å². The predicted octanol–water partition coefficient (Wildman–Crippen LogP) is 1.42. The van der Waals surface area contributed by atoms with Gasteiger partial charge in [0.25, 0.3) is 0 Å². The lowest BCUT2D eigenvalue weighted by molar-refractivity contribution is -0.113. The lowest BCUT2D eigenvalue weighted by Gasteiger charge is -2.18. The van der Waals surface area contributed by atoms with Crippen LogP contribution in [0.25, 0.3) is 0 Å². The van der Waals surface area contributed by atoms with Crippen LogP contribution in [0.5, 0.6) is 0 Å². The number of hydrogen-bond donors (Lipinski definition) is 2. The van der Waals surface area contributed by atoms with E-state index in [0.717, 1.165) is 0 Å². The molecule has 0 unspecified atom stereocenters. The highest BCUT2D eigenvalue weighted by Gasteiger charge is 2.31. The molecule has 0 atom stereocenters. The quantitative estimate of drug-likeness (QED) is 0.813. The maximum atomic E-state index is 11.8. The summed E-state index contributed by atoms with van der Waals surface area (Å²) in [4.78, 5) is 11.7. The molecule has 0 fully saturated rings. The Bertz CT molecular complexity index is 545. The maximum Gasteiger partial charge on any atom is 0.239 e. The van der Waals surface area contributed by atoms with Crippen molar-refractivity contribution in [2.24, 2.45) is 0 Å². The van der Waals surface area contributed by atoms with Gasteiger partial charge in [-0.1, -0.05) is 6.07 Å². The number of nitrogen functional groups attached to an aromatic ring is 1. The summed E-state index contributed by atoms with van der Waals surface area (Å²) >= 11 is 0. The summed E-state index contributed by atoms with van der Waals surface area (Å²) in [5.74, 6) is -1.10. The smallest absolute Gasteiger partial charge is 0.239 e. The topological polar surface area (TPSA) is 89.3 Å². The fraction of sp³-hybridized carbons (Fsp3) is 0.417. The highest BCUT2D eigenvalue weighted by atomic mass is 32.2. The SMILES string of the molecule is CC(C)(C)S(=O)(=O)CC(=O)Nc1cccc(N)c1. The van der Waals surface area contributed by atoms with Crippen molar-refractivity contribution < 1.29 is 13.2 Å². The average Bonchev–Trinajstić information content (AvgIpc) is 2.14. The van der Waals surface area contributed by atoms with Gasteiger partial charge in [-0.2, -0.15) is 0 Å². The number of rotatable bonds is 3. The van der Waals surface area contributed by atoms with Crippen molar-refractivity contribution in [2.75, 3.05) is 16.8 Å². The monoisotopic (exact) mass is 270 g/mol. The van der Waals surface area contributed by atoms with Crippen LogP contribution in [-0.4, -0.2) is 24.8 Å². The number of nitrogens with two attached hydrogens (primary N) is 1. The Balaban J connectivity index is 2.75. The van der Waals surface area contributed by atoms with E-state index >= 15 is 0 Å². The van der Waals surface area contributed by atoms with Gasteiger partial charge in [0.05, 0.1) is 4.75 Å². The highest BCUT2D eigenvalue weighted by Crippen LogP contribution is 2.17. The van der Waals surface area contributed by atoms with Crippen LogP contribution in [0, 0.1) is 0 Å². The van der Waals surface area contributed by atoms with Crippen molar-refractivity contribution >= 4 is 27.1 Å². The molecule has 0 radical (unpaired) electrons. The molecule has 0 aliphatic heterocycles. The first-order valence-corrected chi connectivity index (χ1v) is 7.15. The van der Waals surface area contributed by atoms with Crippen molar-refractivity contribution in [1.82, 2.24) is 0 Å². The summed E-state index contributed by atoms with van der Waals surface area (Å²) in [6.45, 7) is 4.70. The summed E-state index contributed by atoms with van der Waals surface area (Å²) in [6.07, 6.45) is 0. The number of amides is 1. The first-order valence-electron chi connectivity index (χ1n) is 5.49. The molecule has 5 nitrogen and oxygen atoms in total. The van der Waals surface area contributed by atoms with Gasteiger partial charge in [0.1, 0.15) is 5.75 Å². The Kier molecular flexibility index (Phi) is 4.01. The molecule has 0 saturated heterocycles. The second kappa shape index (κ2) is 4.97. The lowest BCUT2D eigenvalue weighted by Crippen LogP contribution is -2.35. The number of carbonyl (C=O) groups is 1. The van der Waals surface area contributed by atoms with Gasteiger partial charge in [-0.15, -0.1) is 0 Å². The molecule has 0 bridgehead atoms. The Morgan fingerprint density at radius 3 is 2.44 bits per heavy atom. The Hall–Kier alpha value is -1.56. The molecule has 1 amide bonds. The van der Waals surface area contributed by atoms with E-state index in [4.69, 9.17) is 5.73 Å². The lowest BCUT2D eigenvalue weighted by atomic mass is 10.3. The third kappa shape index (κ3) is 3.73. The summed E-state index contributed by atoms with van der Waals surface area (Å²) < 4.78 is 22.7. The first-order chi connectivity index (χ1) is 8.12. The van der Waals surface area contributed by atoms with Crippen LogP contribution in [-0.2, 0) is 14.6 Å². The van der Waals surface area contributed by atoms with Crippen molar-refractivity contribution in [2.45, 2.75) is 25.5 Å². The third-order valence-electron chi connectivity index (χ3n) is 2.42. The van der Waals surface area contributed by atoms with E-state index in [9.17, 15) is 13.2 Å². The van der Waals surface area contributed by atoms with Crippen molar-refractivity contribution in [1.29, 1.82) is 0 Å². The van der Waals surface area contributed by atoms with Crippen LogP contribution in [0.1, 0.15) is 20.8 Å². The molecule has 18 heavy (non-hydrogen) atoms. The van der Waals surface area contributed by atoms with Crippen LogP contribution in [0.15, 0.2) is 24.3 Å². The molecule has 1 rings (SSSR count). The molecular weight excluding hydrogens is 252 g/mol. The molecule has 0 heterocycles. The largest absolute Gasteiger partial charge is 0.399 e. The Labute approximate surface area is 107 Å². The molecule has 0 aliphatic rings. The minimum Gasteiger partial charge on any atom is -0.399 e. The second-order valence-electron chi connectivity index (χ2n) is 5.05. The Morgan fingerprint density at radius 2 is 1.94 bits per heavy atom. The molecule has 0 aliphatic carbocycles. The first kappa shape index (κ1) is 14.5. The van der Waals surface area contributed by atoms with E-state index in [2.05, 4.69) is 5.32 Å². The van der Waals surface area contributed by atoms with E-state index in [-0.39, 0.29) is 0 Å².